The van der Waals surface area contributed by atoms with Gasteiger partial charge in [-0.25, -0.2) is 4.39 Å². The summed E-state index contributed by atoms with van der Waals surface area (Å²) in [6.45, 7) is 0.552. The Balaban J connectivity index is 1.59. The van der Waals surface area contributed by atoms with Crippen molar-refractivity contribution >= 4 is 17.5 Å². The number of hydrogen-bond acceptors (Lipinski definition) is 3. The fraction of sp³-hybridized carbons (Fsp3) is 0.286. The summed E-state index contributed by atoms with van der Waals surface area (Å²) in [6, 6.07) is 7.36. The highest BCUT2D eigenvalue weighted by Crippen LogP contribution is 2.19. The third-order valence-corrected chi connectivity index (χ3v) is 4.50. The van der Waals surface area contributed by atoms with Gasteiger partial charge < -0.3 is 10.6 Å². The number of rotatable bonds is 6. The first-order valence-corrected chi connectivity index (χ1v) is 9.10. The summed E-state index contributed by atoms with van der Waals surface area (Å²) < 4.78 is 13.7. The number of amides is 2. The molecule has 2 amide bonds. The fourth-order valence-electron chi connectivity index (χ4n) is 3.02. The highest BCUT2D eigenvalue weighted by atomic mass is 19.1. The minimum absolute atomic E-state index is 0.0816. The van der Waals surface area contributed by atoms with E-state index in [0.29, 0.717) is 12.1 Å². The molecule has 1 heterocycles. The van der Waals surface area contributed by atoms with Crippen molar-refractivity contribution < 1.29 is 14.0 Å². The standard InChI is InChI=1S/C21H22FN3O2/c22-18-8-4-5-9-19(18)25-21(27)17-12-16(13-23-14-17)20(26)24-11-10-15-6-2-1-3-7-15/h4-6,8-9,12-14H,1-3,7,10-11H2,(H,24,26)(H,25,27). The van der Waals surface area contributed by atoms with Gasteiger partial charge in [0, 0.05) is 18.9 Å². The number of carbonyl (C=O) groups is 2. The van der Waals surface area contributed by atoms with E-state index < -0.39 is 11.7 Å². The van der Waals surface area contributed by atoms with Crippen LogP contribution < -0.4 is 10.6 Å². The Kier molecular flexibility index (Phi) is 6.30. The zero-order valence-corrected chi connectivity index (χ0v) is 15.0. The molecule has 1 aliphatic rings. The van der Waals surface area contributed by atoms with Crippen LogP contribution in [0.3, 0.4) is 0 Å². The van der Waals surface area contributed by atoms with Gasteiger partial charge in [0.05, 0.1) is 16.8 Å². The number of carbonyl (C=O) groups excluding carboxylic acids is 2. The van der Waals surface area contributed by atoms with E-state index in [1.807, 2.05) is 0 Å². The molecular formula is C21H22FN3O2. The van der Waals surface area contributed by atoms with Gasteiger partial charge in [0.25, 0.3) is 11.8 Å². The van der Waals surface area contributed by atoms with Gasteiger partial charge in [0.2, 0.25) is 0 Å². The Morgan fingerprint density at radius 1 is 1.07 bits per heavy atom. The van der Waals surface area contributed by atoms with Crippen LogP contribution in [0.4, 0.5) is 10.1 Å². The van der Waals surface area contributed by atoms with Gasteiger partial charge in [-0.3, -0.25) is 14.6 Å². The van der Waals surface area contributed by atoms with E-state index in [-0.39, 0.29) is 17.2 Å². The Bertz CT molecular complexity index is 864. The third-order valence-electron chi connectivity index (χ3n) is 4.50. The summed E-state index contributed by atoms with van der Waals surface area (Å²) >= 11 is 0. The molecule has 3 rings (SSSR count). The molecule has 5 nitrogen and oxygen atoms in total. The predicted octanol–water partition coefficient (Wildman–Crippen LogP) is 4.09. The maximum atomic E-state index is 13.7. The van der Waals surface area contributed by atoms with E-state index in [2.05, 4.69) is 21.7 Å². The van der Waals surface area contributed by atoms with Crippen LogP contribution in [0.5, 0.6) is 0 Å². The molecule has 0 unspecified atom stereocenters. The number of pyridine rings is 1. The molecule has 0 radical (unpaired) electrons. The number of hydrogen-bond donors (Lipinski definition) is 2. The number of nitrogens with one attached hydrogen (secondary N) is 2. The lowest BCUT2D eigenvalue weighted by Crippen LogP contribution is -2.25. The molecule has 0 bridgehead atoms. The number of halogens is 1. The van der Waals surface area contributed by atoms with Gasteiger partial charge in [-0.2, -0.15) is 0 Å². The molecule has 0 fully saturated rings. The van der Waals surface area contributed by atoms with Gasteiger partial charge in [-0.15, -0.1) is 0 Å². The molecule has 0 saturated carbocycles. The van der Waals surface area contributed by atoms with Crippen molar-refractivity contribution in [3.8, 4) is 0 Å². The summed E-state index contributed by atoms with van der Waals surface area (Å²) in [5, 5.41) is 5.35. The van der Waals surface area contributed by atoms with Gasteiger partial charge in [-0.1, -0.05) is 23.8 Å². The molecule has 27 heavy (non-hydrogen) atoms. The lowest BCUT2D eigenvalue weighted by molar-refractivity contribution is 0.0953. The van der Waals surface area contributed by atoms with Gasteiger partial charge in [0.15, 0.2) is 0 Å². The largest absolute Gasteiger partial charge is 0.352 e. The lowest BCUT2D eigenvalue weighted by Gasteiger charge is -2.13. The Morgan fingerprint density at radius 2 is 1.85 bits per heavy atom. The molecule has 1 aromatic heterocycles. The summed E-state index contributed by atoms with van der Waals surface area (Å²) in [4.78, 5) is 28.6. The number of aromatic nitrogens is 1. The van der Waals surface area contributed by atoms with Crippen molar-refractivity contribution in [3.05, 3.63) is 71.3 Å². The molecule has 6 heteroatoms. The van der Waals surface area contributed by atoms with E-state index in [4.69, 9.17) is 0 Å². The maximum Gasteiger partial charge on any atom is 0.257 e. The highest BCUT2D eigenvalue weighted by Gasteiger charge is 2.13. The van der Waals surface area contributed by atoms with E-state index in [0.717, 1.165) is 19.3 Å². The van der Waals surface area contributed by atoms with Crippen LogP contribution in [-0.4, -0.2) is 23.3 Å². The van der Waals surface area contributed by atoms with Crippen LogP contribution in [-0.2, 0) is 0 Å². The normalized spacial score (nSPS) is 13.6. The van der Waals surface area contributed by atoms with Gasteiger partial charge in [-0.05, 0) is 50.3 Å². The van der Waals surface area contributed by atoms with E-state index in [1.54, 1.807) is 12.1 Å². The molecule has 140 valence electrons. The van der Waals surface area contributed by atoms with Crippen molar-refractivity contribution in [2.45, 2.75) is 32.1 Å². The van der Waals surface area contributed by atoms with Crippen LogP contribution in [0, 0.1) is 5.82 Å². The Morgan fingerprint density at radius 3 is 2.59 bits per heavy atom. The molecule has 1 aromatic carbocycles. The smallest absolute Gasteiger partial charge is 0.257 e. The third kappa shape index (κ3) is 5.23. The monoisotopic (exact) mass is 367 g/mol. The second kappa shape index (κ2) is 9.07. The van der Waals surface area contributed by atoms with E-state index >= 15 is 0 Å². The summed E-state index contributed by atoms with van der Waals surface area (Å²) in [5.41, 5.74) is 1.96. The summed E-state index contributed by atoms with van der Waals surface area (Å²) in [6.07, 6.45) is 10.5. The van der Waals surface area contributed by atoms with Crippen molar-refractivity contribution in [2.24, 2.45) is 0 Å². The minimum atomic E-state index is -0.523. The second-order valence-corrected chi connectivity index (χ2v) is 6.51. The minimum Gasteiger partial charge on any atom is -0.352 e. The van der Waals surface area contributed by atoms with Gasteiger partial charge in [0.1, 0.15) is 5.82 Å². The van der Waals surface area contributed by atoms with Crippen LogP contribution >= 0.6 is 0 Å². The lowest BCUT2D eigenvalue weighted by atomic mass is 9.97. The first kappa shape index (κ1) is 18.8. The van der Waals surface area contributed by atoms with E-state index in [9.17, 15) is 14.0 Å². The van der Waals surface area contributed by atoms with Crippen molar-refractivity contribution in [2.75, 3.05) is 11.9 Å². The van der Waals surface area contributed by atoms with Gasteiger partial charge >= 0.3 is 0 Å². The zero-order chi connectivity index (χ0) is 19.1. The quantitative estimate of drug-likeness (QED) is 0.756. The summed E-state index contributed by atoms with van der Waals surface area (Å²) in [5.74, 6) is -1.32. The number of allylic oxidation sites excluding steroid dienone is 1. The average Bonchev–Trinajstić information content (AvgIpc) is 2.70. The molecule has 2 N–H and O–H groups in total. The highest BCUT2D eigenvalue weighted by molar-refractivity contribution is 6.05. The van der Waals surface area contributed by atoms with Crippen LogP contribution in [0.1, 0.15) is 52.8 Å². The van der Waals surface area contributed by atoms with Crippen LogP contribution in [0.15, 0.2) is 54.4 Å². The molecule has 2 aromatic rings. The zero-order valence-electron chi connectivity index (χ0n) is 15.0. The number of anilines is 1. The molecule has 0 spiro atoms. The first-order valence-electron chi connectivity index (χ1n) is 9.10. The summed E-state index contributed by atoms with van der Waals surface area (Å²) in [7, 11) is 0. The number of para-hydroxylation sites is 1. The predicted molar refractivity (Wildman–Crippen MR) is 102 cm³/mol. The SMILES string of the molecule is O=C(NCCC1=CCCCC1)c1cncc(C(=O)Nc2ccccc2F)c1. The van der Waals surface area contributed by atoms with Crippen molar-refractivity contribution in [1.29, 1.82) is 0 Å². The molecule has 0 aliphatic heterocycles. The molecule has 0 saturated heterocycles. The number of nitrogens with zero attached hydrogens (tertiary/aromatic N) is 1. The first-order chi connectivity index (χ1) is 13.1. The maximum absolute atomic E-state index is 13.7. The van der Waals surface area contributed by atoms with E-state index in [1.165, 1.54) is 49.0 Å². The Hall–Kier alpha value is -3.02. The van der Waals surface area contributed by atoms with Crippen LogP contribution in [0.2, 0.25) is 0 Å². The number of benzene rings is 1. The second-order valence-electron chi connectivity index (χ2n) is 6.51. The Labute approximate surface area is 157 Å². The topological polar surface area (TPSA) is 71.1 Å². The fourth-order valence-corrected chi connectivity index (χ4v) is 3.02. The van der Waals surface area contributed by atoms with Crippen molar-refractivity contribution in [3.63, 3.8) is 0 Å². The molecule has 0 atom stereocenters. The molecular weight excluding hydrogens is 345 g/mol. The average molecular weight is 367 g/mol. The van der Waals surface area contributed by atoms with Crippen LogP contribution in [0.25, 0.3) is 0 Å². The molecule has 1 aliphatic carbocycles. The van der Waals surface area contributed by atoms with Crippen molar-refractivity contribution in [1.82, 2.24) is 10.3 Å².